The average molecular weight is 498 g/mol. The van der Waals surface area contributed by atoms with Crippen molar-refractivity contribution in [2.24, 2.45) is 16.8 Å². The molecule has 8 heteroatoms. The summed E-state index contributed by atoms with van der Waals surface area (Å²) >= 11 is 8.07. The summed E-state index contributed by atoms with van der Waals surface area (Å²) in [4.78, 5) is 32.5. The highest BCUT2D eigenvalue weighted by atomic mass is 35.5. The van der Waals surface area contributed by atoms with Crippen LogP contribution in [0.1, 0.15) is 39.8 Å². The van der Waals surface area contributed by atoms with Gasteiger partial charge in [-0.15, -0.1) is 11.3 Å². The van der Waals surface area contributed by atoms with Crippen molar-refractivity contribution in [1.29, 1.82) is 0 Å². The maximum absolute atomic E-state index is 12.5. The highest BCUT2D eigenvalue weighted by Crippen LogP contribution is 2.48. The van der Waals surface area contributed by atoms with Crippen molar-refractivity contribution >= 4 is 52.7 Å². The maximum atomic E-state index is 12.5. The molecule has 5 rings (SSSR count). The van der Waals surface area contributed by atoms with Gasteiger partial charge in [-0.2, -0.15) is 0 Å². The van der Waals surface area contributed by atoms with Gasteiger partial charge in [-0.25, -0.2) is 0 Å². The number of carbonyl (C=O) groups excluding carboxylic acids is 2. The van der Waals surface area contributed by atoms with E-state index < -0.39 is 0 Å². The monoisotopic (exact) mass is 497 g/mol. The van der Waals surface area contributed by atoms with Gasteiger partial charge < -0.3 is 10.1 Å². The smallest absolute Gasteiger partial charge is 0.233 e. The summed E-state index contributed by atoms with van der Waals surface area (Å²) < 4.78 is 5.68. The number of nitrogens with zero attached hydrogens (tertiary/aromatic N) is 2. The highest BCUT2D eigenvalue weighted by Gasteiger charge is 2.58. The zero-order chi connectivity index (χ0) is 24.0. The molecule has 34 heavy (non-hydrogen) atoms. The van der Waals surface area contributed by atoms with Crippen molar-refractivity contribution in [2.75, 3.05) is 19.8 Å². The van der Waals surface area contributed by atoms with Crippen molar-refractivity contribution in [2.45, 2.75) is 39.3 Å². The van der Waals surface area contributed by atoms with Crippen molar-refractivity contribution < 1.29 is 14.3 Å². The molecule has 3 atom stereocenters. The number of fused-ring (bicyclic) bond motifs is 1. The van der Waals surface area contributed by atoms with Crippen LogP contribution in [0.4, 0.5) is 5.69 Å². The lowest BCUT2D eigenvalue weighted by atomic mass is 9.90. The number of piperidine rings is 1. The minimum Gasteiger partial charge on any atom is -0.379 e. The molecule has 1 aliphatic carbocycles. The second-order valence-electron chi connectivity index (χ2n) is 9.18. The lowest BCUT2D eigenvalue weighted by molar-refractivity contribution is -0.141. The lowest BCUT2D eigenvalue weighted by Crippen LogP contribution is -2.42. The van der Waals surface area contributed by atoms with Gasteiger partial charge in [0.25, 0.3) is 0 Å². The van der Waals surface area contributed by atoms with Crippen molar-refractivity contribution in [3.63, 3.8) is 0 Å². The molecular weight excluding hydrogens is 470 g/mol. The number of amides is 2. The summed E-state index contributed by atoms with van der Waals surface area (Å²) in [5, 5.41) is 4.22. The Kier molecular flexibility index (Phi) is 6.46. The Hall–Kier alpha value is -2.32. The van der Waals surface area contributed by atoms with E-state index in [2.05, 4.69) is 30.0 Å². The van der Waals surface area contributed by atoms with Crippen LogP contribution >= 0.6 is 22.9 Å². The number of nitrogens with one attached hydrogen (secondary N) is 1. The number of hydrogen-bond donors (Lipinski definition) is 1. The molecule has 3 aliphatic rings. The standard InChI is InChI=1S/C26H28ClN3O3S/c1-4-18(20-8-15(27)7-14(2)19(20)9-16-13-33-6-5-29-16)24-23(28-3)10-17(34-24)12-30-25(31)21-11-22(21)26(30)32/h4,7-8,10,16,21-22,29H,3,5-6,9,11-13H2,1-2H3/b18-4-. The third-order valence-electron chi connectivity index (χ3n) is 6.91. The first-order valence-electron chi connectivity index (χ1n) is 11.6. The molecule has 0 radical (unpaired) electrons. The zero-order valence-electron chi connectivity index (χ0n) is 19.4. The molecule has 2 aliphatic heterocycles. The number of allylic oxidation sites excluding steroid dienone is 1. The van der Waals surface area contributed by atoms with Crippen molar-refractivity contribution in [3.05, 3.63) is 55.7 Å². The molecule has 3 fully saturated rings. The number of hydrogen-bond acceptors (Lipinski definition) is 6. The van der Waals surface area contributed by atoms with E-state index in [1.807, 2.05) is 25.1 Å². The van der Waals surface area contributed by atoms with Crippen LogP contribution in [0.25, 0.3) is 5.57 Å². The largest absolute Gasteiger partial charge is 0.379 e. The number of halogens is 1. The number of likely N-dealkylation sites (tertiary alicyclic amines) is 1. The number of aliphatic imine (C=N–C) groups is 1. The topological polar surface area (TPSA) is 71.0 Å². The number of aryl methyl sites for hydroxylation is 1. The first-order valence-corrected chi connectivity index (χ1v) is 12.8. The Bertz CT molecular complexity index is 1180. The van der Waals surface area contributed by atoms with Gasteiger partial charge in [0, 0.05) is 22.5 Å². The first kappa shape index (κ1) is 23.4. The number of thiophene rings is 1. The molecule has 1 saturated carbocycles. The minimum absolute atomic E-state index is 0.0423. The first-order chi connectivity index (χ1) is 16.4. The summed E-state index contributed by atoms with van der Waals surface area (Å²) in [5.41, 5.74) is 5.19. The number of imide groups is 1. The molecule has 0 bridgehead atoms. The van der Waals surface area contributed by atoms with Crippen LogP contribution in [0.15, 0.2) is 29.3 Å². The number of benzene rings is 1. The maximum Gasteiger partial charge on any atom is 0.233 e. The molecule has 2 saturated heterocycles. The second-order valence-corrected chi connectivity index (χ2v) is 10.8. The third kappa shape index (κ3) is 4.26. The third-order valence-corrected chi connectivity index (χ3v) is 8.28. The van der Waals surface area contributed by atoms with E-state index in [0.717, 1.165) is 51.7 Å². The van der Waals surface area contributed by atoms with Crippen LogP contribution in [0.3, 0.4) is 0 Å². The zero-order valence-corrected chi connectivity index (χ0v) is 21.0. The van der Waals surface area contributed by atoms with Crippen LogP contribution in [-0.2, 0) is 27.3 Å². The molecule has 1 aromatic heterocycles. The predicted octanol–water partition coefficient (Wildman–Crippen LogP) is 4.53. The van der Waals surface area contributed by atoms with Crippen LogP contribution in [-0.4, -0.2) is 49.2 Å². The summed E-state index contributed by atoms with van der Waals surface area (Å²) in [6.45, 7) is 10.4. The molecule has 2 amide bonds. The molecular formula is C26H28ClN3O3S. The number of rotatable bonds is 7. The normalized spacial score (nSPS) is 24.5. The lowest BCUT2D eigenvalue weighted by Gasteiger charge is -2.26. The van der Waals surface area contributed by atoms with Gasteiger partial charge in [-0.3, -0.25) is 19.5 Å². The molecule has 178 valence electrons. The summed E-state index contributed by atoms with van der Waals surface area (Å²) in [7, 11) is 0. The van der Waals surface area contributed by atoms with E-state index in [1.54, 1.807) is 11.3 Å². The van der Waals surface area contributed by atoms with Gasteiger partial charge in [-0.1, -0.05) is 17.7 Å². The molecule has 2 aromatic rings. The Balaban J connectivity index is 1.49. The summed E-state index contributed by atoms with van der Waals surface area (Å²) in [5.74, 6) is -0.271. The Labute approximate surface area is 208 Å². The Morgan fingerprint density at radius 2 is 2.09 bits per heavy atom. The van der Waals surface area contributed by atoms with E-state index in [-0.39, 0.29) is 29.7 Å². The summed E-state index contributed by atoms with van der Waals surface area (Å²) in [6.07, 6.45) is 3.61. The van der Waals surface area contributed by atoms with E-state index in [4.69, 9.17) is 16.3 Å². The van der Waals surface area contributed by atoms with Crippen LogP contribution in [0.5, 0.6) is 0 Å². The van der Waals surface area contributed by atoms with Gasteiger partial charge in [0.1, 0.15) is 0 Å². The van der Waals surface area contributed by atoms with Crippen molar-refractivity contribution in [3.8, 4) is 0 Å². The van der Waals surface area contributed by atoms with Gasteiger partial charge in [0.05, 0.1) is 42.2 Å². The van der Waals surface area contributed by atoms with Gasteiger partial charge >= 0.3 is 0 Å². The fourth-order valence-electron chi connectivity index (χ4n) is 5.07. The quantitative estimate of drug-likeness (QED) is 0.450. The predicted molar refractivity (Wildman–Crippen MR) is 136 cm³/mol. The van der Waals surface area contributed by atoms with E-state index in [1.165, 1.54) is 10.5 Å². The number of ether oxygens (including phenoxy) is 1. The Morgan fingerprint density at radius 3 is 2.74 bits per heavy atom. The molecule has 3 unspecified atom stereocenters. The van der Waals surface area contributed by atoms with Gasteiger partial charge in [0.15, 0.2) is 0 Å². The molecule has 6 nitrogen and oxygen atoms in total. The van der Waals surface area contributed by atoms with Crippen LogP contribution in [0, 0.1) is 18.8 Å². The fourth-order valence-corrected chi connectivity index (χ4v) is 6.54. The minimum atomic E-state index is -0.0931. The SMILES string of the molecule is C=Nc1cc(CN2C(=O)C3CC3C2=O)sc1/C(=C\C)c1cc(Cl)cc(C)c1CC1COCCN1. The van der Waals surface area contributed by atoms with E-state index in [9.17, 15) is 9.59 Å². The van der Waals surface area contributed by atoms with Crippen molar-refractivity contribution in [1.82, 2.24) is 10.2 Å². The summed E-state index contributed by atoms with van der Waals surface area (Å²) in [6, 6.07) is 6.19. The van der Waals surface area contributed by atoms with Crippen LogP contribution in [0.2, 0.25) is 5.02 Å². The number of carbonyl (C=O) groups is 2. The molecule has 3 heterocycles. The van der Waals surface area contributed by atoms with Crippen LogP contribution < -0.4 is 5.32 Å². The van der Waals surface area contributed by atoms with Gasteiger partial charge in [-0.05, 0) is 73.9 Å². The van der Waals surface area contributed by atoms with Gasteiger partial charge in [0.2, 0.25) is 11.8 Å². The number of morpholine rings is 1. The second kappa shape index (κ2) is 9.38. The van der Waals surface area contributed by atoms with E-state index >= 15 is 0 Å². The fraction of sp³-hybridized carbons (Fsp3) is 0.423. The molecule has 0 spiro atoms. The molecule has 1 aromatic carbocycles. The molecule has 1 N–H and O–H groups in total. The Morgan fingerprint density at radius 1 is 1.32 bits per heavy atom. The van der Waals surface area contributed by atoms with E-state index in [0.29, 0.717) is 24.6 Å². The average Bonchev–Trinajstić information content (AvgIpc) is 3.48. The highest BCUT2D eigenvalue weighted by molar-refractivity contribution is 7.13.